The van der Waals surface area contributed by atoms with Crippen LogP contribution in [0.1, 0.15) is 46.5 Å². The van der Waals surface area contributed by atoms with Gasteiger partial charge < -0.3 is 14.6 Å². The summed E-state index contributed by atoms with van der Waals surface area (Å²) in [6.45, 7) is 1.48. The van der Waals surface area contributed by atoms with Gasteiger partial charge in [0.25, 0.3) is 11.8 Å². The number of hydrogen-bond donors (Lipinski definition) is 1. The molecule has 2 heterocycles. The highest BCUT2D eigenvalue weighted by molar-refractivity contribution is 6.31. The van der Waals surface area contributed by atoms with Crippen LogP contribution in [-0.2, 0) is 0 Å². The molecule has 7 heteroatoms. The number of nitrogens with one attached hydrogen (secondary N) is 1. The fourth-order valence-electron chi connectivity index (χ4n) is 3.67. The van der Waals surface area contributed by atoms with Crippen molar-refractivity contribution in [3.8, 4) is 11.3 Å². The monoisotopic (exact) mass is 423 g/mol. The molecule has 1 aliphatic rings. The van der Waals surface area contributed by atoms with Crippen LogP contribution in [0.5, 0.6) is 0 Å². The van der Waals surface area contributed by atoms with Crippen LogP contribution in [0.3, 0.4) is 0 Å². The van der Waals surface area contributed by atoms with Crippen molar-refractivity contribution in [2.75, 3.05) is 18.4 Å². The Bertz CT molecular complexity index is 1060. The third-order valence-electron chi connectivity index (χ3n) is 5.16. The number of likely N-dealkylation sites (tertiary alicyclic amines) is 1. The number of benzene rings is 2. The zero-order valence-corrected chi connectivity index (χ0v) is 17.2. The third-order valence-corrected chi connectivity index (χ3v) is 5.40. The van der Waals surface area contributed by atoms with E-state index in [1.165, 1.54) is 6.39 Å². The molecule has 1 aliphatic heterocycles. The molecular weight excluding hydrogens is 402 g/mol. The maximum atomic E-state index is 13.2. The second kappa shape index (κ2) is 9.13. The first-order chi connectivity index (χ1) is 14.6. The summed E-state index contributed by atoms with van der Waals surface area (Å²) in [7, 11) is 0. The summed E-state index contributed by atoms with van der Waals surface area (Å²) in [4.78, 5) is 32.0. The van der Waals surface area contributed by atoms with E-state index in [1.807, 2.05) is 17.0 Å². The molecule has 0 radical (unpaired) electrons. The molecule has 0 spiro atoms. The molecule has 1 saturated heterocycles. The molecule has 4 rings (SSSR count). The van der Waals surface area contributed by atoms with E-state index in [1.54, 1.807) is 36.4 Å². The van der Waals surface area contributed by atoms with Gasteiger partial charge in [0.15, 0.2) is 17.8 Å². The van der Waals surface area contributed by atoms with E-state index in [-0.39, 0.29) is 17.4 Å². The number of aromatic nitrogens is 1. The lowest BCUT2D eigenvalue weighted by Gasteiger charge is -2.21. The molecule has 0 saturated carbocycles. The summed E-state index contributed by atoms with van der Waals surface area (Å²) in [5.74, 6) is -0.212. The molecule has 2 aromatic carbocycles. The molecule has 1 fully saturated rings. The molecule has 30 heavy (non-hydrogen) atoms. The van der Waals surface area contributed by atoms with Crippen molar-refractivity contribution in [1.29, 1.82) is 0 Å². The number of anilines is 1. The van der Waals surface area contributed by atoms with Crippen molar-refractivity contribution < 1.29 is 14.0 Å². The van der Waals surface area contributed by atoms with Gasteiger partial charge in [-0.3, -0.25) is 9.59 Å². The summed E-state index contributed by atoms with van der Waals surface area (Å²) in [5.41, 5.74) is 1.73. The Labute approximate surface area is 179 Å². The first-order valence-electron chi connectivity index (χ1n) is 10.0. The SMILES string of the molecule is O=C(Nc1cccc(Cl)c1)c1ncoc1-c1ccccc1C(=O)N1CCCCCC1. The predicted molar refractivity (Wildman–Crippen MR) is 116 cm³/mol. The van der Waals surface area contributed by atoms with Crippen molar-refractivity contribution in [1.82, 2.24) is 9.88 Å². The maximum absolute atomic E-state index is 13.2. The van der Waals surface area contributed by atoms with Crippen LogP contribution < -0.4 is 5.32 Å². The Balaban J connectivity index is 1.64. The normalized spacial score (nSPS) is 14.2. The predicted octanol–water partition coefficient (Wildman–Crippen LogP) is 5.26. The van der Waals surface area contributed by atoms with Gasteiger partial charge in [0.1, 0.15) is 0 Å². The molecule has 1 N–H and O–H groups in total. The van der Waals surface area contributed by atoms with Crippen molar-refractivity contribution in [3.63, 3.8) is 0 Å². The van der Waals surface area contributed by atoms with Crippen LogP contribution in [0.4, 0.5) is 5.69 Å². The Morgan fingerprint density at radius 3 is 2.53 bits per heavy atom. The number of oxazole rings is 1. The average molecular weight is 424 g/mol. The first-order valence-corrected chi connectivity index (χ1v) is 10.4. The van der Waals surface area contributed by atoms with Gasteiger partial charge in [0.05, 0.1) is 5.56 Å². The molecule has 1 aromatic heterocycles. The van der Waals surface area contributed by atoms with Crippen LogP contribution in [0.15, 0.2) is 59.3 Å². The van der Waals surface area contributed by atoms with Crippen LogP contribution in [-0.4, -0.2) is 34.8 Å². The number of hydrogen-bond acceptors (Lipinski definition) is 4. The van der Waals surface area contributed by atoms with Crippen LogP contribution in [0, 0.1) is 0 Å². The van der Waals surface area contributed by atoms with Crippen molar-refractivity contribution in [2.24, 2.45) is 0 Å². The van der Waals surface area contributed by atoms with Gasteiger partial charge in [-0.1, -0.05) is 48.7 Å². The van der Waals surface area contributed by atoms with Gasteiger partial charge >= 0.3 is 0 Å². The minimum Gasteiger partial charge on any atom is -0.443 e. The smallest absolute Gasteiger partial charge is 0.278 e. The lowest BCUT2D eigenvalue weighted by atomic mass is 10.0. The highest BCUT2D eigenvalue weighted by Crippen LogP contribution is 2.29. The highest BCUT2D eigenvalue weighted by atomic mass is 35.5. The van der Waals surface area contributed by atoms with E-state index in [2.05, 4.69) is 10.3 Å². The molecule has 0 bridgehead atoms. The summed E-state index contributed by atoms with van der Waals surface area (Å²) < 4.78 is 5.57. The number of nitrogens with zero attached hydrogens (tertiary/aromatic N) is 2. The van der Waals surface area contributed by atoms with Gasteiger partial charge in [-0.05, 0) is 37.1 Å². The number of rotatable bonds is 4. The second-order valence-corrected chi connectivity index (χ2v) is 7.68. The van der Waals surface area contributed by atoms with Crippen molar-refractivity contribution >= 4 is 29.1 Å². The zero-order valence-electron chi connectivity index (χ0n) is 16.4. The Kier molecular flexibility index (Phi) is 6.14. The lowest BCUT2D eigenvalue weighted by Crippen LogP contribution is -2.32. The number of carbonyl (C=O) groups excluding carboxylic acids is 2. The Morgan fingerprint density at radius 2 is 1.77 bits per heavy atom. The quantitative estimate of drug-likeness (QED) is 0.620. The van der Waals surface area contributed by atoms with Gasteiger partial charge in [-0.15, -0.1) is 0 Å². The molecule has 0 unspecified atom stereocenters. The average Bonchev–Trinajstić information content (AvgIpc) is 3.08. The maximum Gasteiger partial charge on any atom is 0.278 e. The van der Waals surface area contributed by atoms with Crippen molar-refractivity contribution in [2.45, 2.75) is 25.7 Å². The van der Waals surface area contributed by atoms with E-state index < -0.39 is 5.91 Å². The second-order valence-electron chi connectivity index (χ2n) is 7.25. The molecule has 6 nitrogen and oxygen atoms in total. The van der Waals surface area contributed by atoms with E-state index in [9.17, 15) is 9.59 Å². The summed E-state index contributed by atoms with van der Waals surface area (Å²) in [6.07, 6.45) is 5.51. The zero-order chi connectivity index (χ0) is 20.9. The van der Waals surface area contributed by atoms with Crippen LogP contribution >= 0.6 is 11.6 Å². The third kappa shape index (κ3) is 4.39. The number of carbonyl (C=O) groups is 2. The Hall–Kier alpha value is -3.12. The fraction of sp³-hybridized carbons (Fsp3) is 0.261. The number of halogens is 1. The van der Waals surface area contributed by atoms with E-state index >= 15 is 0 Å². The fourth-order valence-corrected chi connectivity index (χ4v) is 3.86. The van der Waals surface area contributed by atoms with Gasteiger partial charge in [-0.25, -0.2) is 4.98 Å². The summed E-state index contributed by atoms with van der Waals surface area (Å²) in [6, 6.07) is 14.0. The largest absolute Gasteiger partial charge is 0.443 e. The topological polar surface area (TPSA) is 75.4 Å². The first kappa shape index (κ1) is 20.2. The number of amides is 2. The van der Waals surface area contributed by atoms with Gasteiger partial charge in [-0.2, -0.15) is 0 Å². The highest BCUT2D eigenvalue weighted by Gasteiger charge is 2.25. The van der Waals surface area contributed by atoms with Crippen molar-refractivity contribution in [3.05, 3.63) is 71.2 Å². The van der Waals surface area contributed by atoms with Crippen LogP contribution in [0.25, 0.3) is 11.3 Å². The molecule has 0 aliphatic carbocycles. The van der Waals surface area contributed by atoms with E-state index in [0.29, 0.717) is 21.8 Å². The minimum atomic E-state index is -0.432. The summed E-state index contributed by atoms with van der Waals surface area (Å²) in [5, 5.41) is 3.29. The van der Waals surface area contributed by atoms with Crippen LogP contribution in [0.2, 0.25) is 5.02 Å². The van der Waals surface area contributed by atoms with E-state index in [0.717, 1.165) is 38.8 Å². The molecule has 0 atom stereocenters. The molecule has 2 amide bonds. The van der Waals surface area contributed by atoms with Gasteiger partial charge in [0.2, 0.25) is 0 Å². The standard InChI is InChI=1S/C23H22ClN3O3/c24-16-8-7-9-17(14-16)26-22(28)20-21(30-15-25-20)18-10-3-4-11-19(18)23(29)27-12-5-1-2-6-13-27/h3-4,7-11,14-15H,1-2,5-6,12-13H2,(H,26,28). The molecular formula is C23H22ClN3O3. The molecule has 3 aromatic rings. The Morgan fingerprint density at radius 1 is 1.00 bits per heavy atom. The van der Waals surface area contributed by atoms with Gasteiger partial charge in [0, 0.05) is 29.4 Å². The minimum absolute atomic E-state index is 0.0508. The summed E-state index contributed by atoms with van der Waals surface area (Å²) >= 11 is 5.99. The van der Waals surface area contributed by atoms with E-state index in [4.69, 9.17) is 16.0 Å². The lowest BCUT2D eigenvalue weighted by molar-refractivity contribution is 0.0762. The molecule has 154 valence electrons.